The van der Waals surface area contributed by atoms with Crippen LogP contribution in [0, 0.1) is 5.82 Å². The molecule has 0 saturated heterocycles. The summed E-state index contributed by atoms with van der Waals surface area (Å²) < 4.78 is 15.3. The predicted octanol–water partition coefficient (Wildman–Crippen LogP) is 3.22. The fraction of sp³-hybridized carbons (Fsp3) is 0.385. The van der Waals surface area contributed by atoms with Gasteiger partial charge in [-0.25, -0.2) is 9.37 Å². The van der Waals surface area contributed by atoms with Gasteiger partial charge in [0, 0.05) is 20.2 Å². The Labute approximate surface area is 126 Å². The third-order valence-electron chi connectivity index (χ3n) is 2.97. The van der Waals surface area contributed by atoms with Crippen LogP contribution >= 0.6 is 23.2 Å². The molecule has 1 atom stereocenters. The highest BCUT2D eigenvalue weighted by molar-refractivity contribution is 6.31. The van der Waals surface area contributed by atoms with Crippen LogP contribution in [0.1, 0.15) is 18.1 Å². The third kappa shape index (κ3) is 2.74. The van der Waals surface area contributed by atoms with Crippen LogP contribution in [0.2, 0.25) is 5.02 Å². The maximum atomic E-state index is 13.6. The molecule has 0 saturated carbocycles. The van der Waals surface area contributed by atoms with Crippen LogP contribution in [0.3, 0.4) is 0 Å². The first-order chi connectivity index (χ1) is 9.31. The van der Waals surface area contributed by atoms with Crippen LogP contribution in [0.25, 0.3) is 11.0 Å². The molecule has 0 aliphatic heterocycles. The van der Waals surface area contributed by atoms with Crippen molar-refractivity contribution in [2.24, 2.45) is 0 Å². The third-order valence-corrected chi connectivity index (χ3v) is 3.45. The van der Waals surface area contributed by atoms with Crippen LogP contribution in [-0.4, -0.2) is 34.5 Å². The van der Waals surface area contributed by atoms with Crippen molar-refractivity contribution in [3.05, 3.63) is 28.8 Å². The quantitative estimate of drug-likeness (QED) is 0.815. The van der Waals surface area contributed by atoms with Gasteiger partial charge >= 0.3 is 0 Å². The van der Waals surface area contributed by atoms with Crippen LogP contribution < -0.4 is 0 Å². The molecule has 0 N–H and O–H groups in total. The van der Waals surface area contributed by atoms with Gasteiger partial charge in [0.2, 0.25) is 5.91 Å². The first-order valence-corrected chi connectivity index (χ1v) is 6.82. The number of fused-ring (bicyclic) bond motifs is 1. The topological polar surface area (TPSA) is 38.1 Å². The molecular formula is C13H14Cl2FN3O. The van der Waals surface area contributed by atoms with Gasteiger partial charge in [0.15, 0.2) is 0 Å². The molecule has 0 spiro atoms. The molecule has 0 fully saturated rings. The second-order valence-corrected chi connectivity index (χ2v) is 5.78. The number of hydrogen-bond donors (Lipinski definition) is 0. The fourth-order valence-electron chi connectivity index (χ4n) is 1.89. The Morgan fingerprint density at radius 1 is 1.50 bits per heavy atom. The summed E-state index contributed by atoms with van der Waals surface area (Å²) in [4.78, 5) is 17.7. The number of benzene rings is 1. The lowest BCUT2D eigenvalue weighted by Gasteiger charge is -2.14. The van der Waals surface area contributed by atoms with E-state index in [4.69, 9.17) is 23.2 Å². The van der Waals surface area contributed by atoms with E-state index in [0.717, 1.165) is 0 Å². The van der Waals surface area contributed by atoms with Crippen molar-refractivity contribution in [3.63, 3.8) is 0 Å². The summed E-state index contributed by atoms with van der Waals surface area (Å²) in [5.41, 5.74) is 1.02. The number of alkyl halides is 1. The molecule has 1 amide bonds. The first-order valence-electron chi connectivity index (χ1n) is 6.00. The van der Waals surface area contributed by atoms with E-state index < -0.39 is 11.2 Å². The molecule has 2 rings (SSSR count). The van der Waals surface area contributed by atoms with E-state index >= 15 is 0 Å². The highest BCUT2D eigenvalue weighted by atomic mass is 35.5. The standard InChI is InChI=1S/C13H14Cl2FN3O/c1-7(14)13-17-10-4-8(15)9(16)5-11(10)19(13)6-12(20)18(2)3/h4-5,7H,6H2,1-3H3. The summed E-state index contributed by atoms with van der Waals surface area (Å²) in [5.74, 6) is -0.164. The maximum Gasteiger partial charge on any atom is 0.242 e. The van der Waals surface area contributed by atoms with Gasteiger partial charge in [-0.3, -0.25) is 4.79 Å². The summed E-state index contributed by atoms with van der Waals surface area (Å²) in [5, 5.41) is -0.408. The summed E-state index contributed by atoms with van der Waals surface area (Å²) in [6, 6.07) is 2.71. The van der Waals surface area contributed by atoms with E-state index in [9.17, 15) is 9.18 Å². The normalized spacial score (nSPS) is 12.7. The Morgan fingerprint density at radius 3 is 2.70 bits per heavy atom. The molecule has 1 unspecified atom stereocenters. The Morgan fingerprint density at radius 2 is 2.15 bits per heavy atom. The number of likely N-dealkylation sites (N-methyl/N-ethyl adjacent to an activating group) is 1. The van der Waals surface area contributed by atoms with Gasteiger partial charge in [-0.1, -0.05) is 11.6 Å². The molecular weight excluding hydrogens is 304 g/mol. The van der Waals surface area contributed by atoms with Crippen molar-refractivity contribution >= 4 is 40.1 Å². The lowest BCUT2D eigenvalue weighted by atomic mass is 10.3. The Hall–Kier alpha value is -1.33. The largest absolute Gasteiger partial charge is 0.347 e. The van der Waals surface area contributed by atoms with Crippen molar-refractivity contribution < 1.29 is 9.18 Å². The predicted molar refractivity (Wildman–Crippen MR) is 77.7 cm³/mol. The minimum absolute atomic E-state index is 0.00476. The molecule has 20 heavy (non-hydrogen) atoms. The van der Waals surface area contributed by atoms with Gasteiger partial charge < -0.3 is 9.47 Å². The zero-order chi connectivity index (χ0) is 15.0. The van der Waals surface area contributed by atoms with Crippen molar-refractivity contribution in [2.45, 2.75) is 18.8 Å². The number of carbonyl (C=O) groups is 1. The Kier molecular flexibility index (Phi) is 4.20. The van der Waals surface area contributed by atoms with Crippen LogP contribution in [0.4, 0.5) is 4.39 Å². The van der Waals surface area contributed by atoms with E-state index in [2.05, 4.69) is 4.98 Å². The van der Waals surface area contributed by atoms with Crippen molar-refractivity contribution in [2.75, 3.05) is 14.1 Å². The van der Waals surface area contributed by atoms with E-state index in [1.165, 1.54) is 17.0 Å². The molecule has 4 nitrogen and oxygen atoms in total. The van der Waals surface area contributed by atoms with Crippen LogP contribution in [0.15, 0.2) is 12.1 Å². The highest BCUT2D eigenvalue weighted by Gasteiger charge is 2.19. The Balaban J connectivity index is 2.62. The second kappa shape index (κ2) is 5.58. The van der Waals surface area contributed by atoms with Crippen molar-refractivity contribution in [3.8, 4) is 0 Å². The summed E-state index contributed by atoms with van der Waals surface area (Å²) in [7, 11) is 3.31. The van der Waals surface area contributed by atoms with Gasteiger partial charge in [0.05, 0.1) is 21.4 Å². The van der Waals surface area contributed by atoms with Crippen LogP contribution in [-0.2, 0) is 11.3 Å². The molecule has 0 radical (unpaired) electrons. The molecule has 1 aromatic heterocycles. The second-order valence-electron chi connectivity index (χ2n) is 4.72. The van der Waals surface area contributed by atoms with Gasteiger partial charge in [0.1, 0.15) is 18.2 Å². The zero-order valence-corrected chi connectivity index (χ0v) is 12.8. The smallest absolute Gasteiger partial charge is 0.242 e. The molecule has 0 bridgehead atoms. The summed E-state index contributed by atoms with van der Waals surface area (Å²) in [6.07, 6.45) is 0. The van der Waals surface area contributed by atoms with E-state index in [0.29, 0.717) is 16.9 Å². The van der Waals surface area contributed by atoms with Gasteiger partial charge in [0.25, 0.3) is 0 Å². The molecule has 2 aromatic rings. The number of carbonyl (C=O) groups excluding carboxylic acids is 1. The summed E-state index contributed by atoms with van der Waals surface area (Å²) in [6.45, 7) is 1.80. The lowest BCUT2D eigenvalue weighted by Crippen LogP contribution is -2.27. The molecule has 108 valence electrons. The minimum atomic E-state index is -0.550. The van der Waals surface area contributed by atoms with Gasteiger partial charge in [-0.15, -0.1) is 11.6 Å². The Bertz CT molecular complexity index is 667. The number of halogens is 3. The van der Waals surface area contributed by atoms with E-state index in [1.54, 1.807) is 25.6 Å². The molecule has 0 aliphatic carbocycles. The number of nitrogens with zero attached hydrogens (tertiary/aromatic N) is 3. The maximum absolute atomic E-state index is 13.6. The number of rotatable bonds is 3. The molecule has 1 heterocycles. The van der Waals surface area contributed by atoms with E-state index in [-0.39, 0.29) is 17.5 Å². The lowest BCUT2D eigenvalue weighted by molar-refractivity contribution is -0.129. The average molecular weight is 318 g/mol. The van der Waals surface area contributed by atoms with Crippen molar-refractivity contribution in [1.29, 1.82) is 0 Å². The average Bonchev–Trinajstić information content (AvgIpc) is 2.68. The molecule has 1 aromatic carbocycles. The van der Waals surface area contributed by atoms with E-state index in [1.807, 2.05) is 0 Å². The number of amides is 1. The number of imidazole rings is 1. The molecule has 7 heteroatoms. The number of hydrogen-bond acceptors (Lipinski definition) is 2. The highest BCUT2D eigenvalue weighted by Crippen LogP contribution is 2.28. The van der Waals surface area contributed by atoms with Gasteiger partial charge in [-0.05, 0) is 13.0 Å². The summed E-state index contributed by atoms with van der Waals surface area (Å²) >= 11 is 11.8. The zero-order valence-electron chi connectivity index (χ0n) is 11.3. The molecule has 0 aliphatic rings. The number of aromatic nitrogens is 2. The van der Waals surface area contributed by atoms with Gasteiger partial charge in [-0.2, -0.15) is 0 Å². The van der Waals surface area contributed by atoms with Crippen LogP contribution in [0.5, 0.6) is 0 Å². The SMILES string of the molecule is CC(Cl)c1nc2cc(Cl)c(F)cc2n1CC(=O)N(C)C. The monoisotopic (exact) mass is 317 g/mol. The first kappa shape index (κ1) is 15.1. The fourth-order valence-corrected chi connectivity index (χ4v) is 2.21. The van der Waals surface area contributed by atoms with Crippen molar-refractivity contribution in [1.82, 2.24) is 14.5 Å². The minimum Gasteiger partial charge on any atom is -0.347 e.